The molecule has 6 heteroatoms. The molecule has 1 aliphatic rings. The summed E-state index contributed by atoms with van der Waals surface area (Å²) in [6.07, 6.45) is 4.63. The Balaban J connectivity index is 1.44. The van der Waals surface area contributed by atoms with Crippen molar-refractivity contribution in [1.82, 2.24) is 10.2 Å². The van der Waals surface area contributed by atoms with Gasteiger partial charge in [0, 0.05) is 19.0 Å². The zero-order valence-corrected chi connectivity index (χ0v) is 24.4. The Morgan fingerprint density at radius 1 is 0.925 bits per heavy atom. The Kier molecular flexibility index (Phi) is 9.17. The van der Waals surface area contributed by atoms with E-state index in [4.69, 9.17) is 4.74 Å². The molecule has 1 fully saturated rings. The van der Waals surface area contributed by atoms with E-state index in [0.29, 0.717) is 18.7 Å². The third kappa shape index (κ3) is 6.73. The smallest absolute Gasteiger partial charge is 0.261 e. The molecule has 0 heterocycles. The molecule has 1 saturated carbocycles. The van der Waals surface area contributed by atoms with Crippen molar-refractivity contribution in [2.45, 2.75) is 57.7 Å². The number of rotatable bonds is 10. The van der Waals surface area contributed by atoms with Crippen LogP contribution >= 0.6 is 15.9 Å². The van der Waals surface area contributed by atoms with Crippen LogP contribution in [0.25, 0.3) is 10.8 Å². The highest BCUT2D eigenvalue weighted by Gasteiger charge is 2.32. The van der Waals surface area contributed by atoms with Gasteiger partial charge in [0.2, 0.25) is 5.91 Å². The fraction of sp³-hybridized carbons (Fsp3) is 0.294. The molecule has 0 aromatic heterocycles. The normalized spacial score (nSPS) is 14.2. The quantitative estimate of drug-likeness (QED) is 0.214. The molecule has 1 aliphatic carbocycles. The Hall–Kier alpha value is -3.64. The minimum atomic E-state index is -0.668. The second kappa shape index (κ2) is 13.1. The van der Waals surface area contributed by atoms with Crippen LogP contribution in [-0.2, 0) is 22.6 Å². The summed E-state index contributed by atoms with van der Waals surface area (Å²) in [7, 11) is 0. The molecular weight excluding hydrogens is 564 g/mol. The number of carbonyl (C=O) groups excluding carboxylic acids is 2. The van der Waals surface area contributed by atoms with Crippen LogP contribution in [0, 0.1) is 6.92 Å². The number of nitrogens with zero attached hydrogens (tertiary/aromatic N) is 1. The van der Waals surface area contributed by atoms with Gasteiger partial charge in [-0.1, -0.05) is 97.8 Å². The summed E-state index contributed by atoms with van der Waals surface area (Å²) in [6, 6.07) is 29.3. The number of amides is 2. The van der Waals surface area contributed by atoms with Crippen molar-refractivity contribution in [3.8, 4) is 5.75 Å². The zero-order chi connectivity index (χ0) is 27.9. The number of fused-ring (bicyclic) bond motifs is 1. The van der Waals surface area contributed by atoms with E-state index in [1.165, 1.54) is 0 Å². The predicted octanol–water partition coefficient (Wildman–Crippen LogP) is 6.99. The maximum absolute atomic E-state index is 14.0. The molecule has 0 saturated heterocycles. The predicted molar refractivity (Wildman–Crippen MR) is 163 cm³/mol. The topological polar surface area (TPSA) is 58.6 Å². The van der Waals surface area contributed by atoms with Crippen LogP contribution in [0.4, 0.5) is 0 Å². The van der Waals surface area contributed by atoms with Gasteiger partial charge < -0.3 is 15.0 Å². The Bertz CT molecular complexity index is 1470. The molecule has 5 rings (SSSR count). The van der Waals surface area contributed by atoms with Gasteiger partial charge in [0.15, 0.2) is 6.61 Å². The molecule has 2 amide bonds. The van der Waals surface area contributed by atoms with Gasteiger partial charge in [0.05, 0.1) is 4.47 Å². The fourth-order valence-electron chi connectivity index (χ4n) is 5.44. The first-order chi connectivity index (χ1) is 19.5. The molecule has 1 unspecified atom stereocenters. The summed E-state index contributed by atoms with van der Waals surface area (Å²) in [5.41, 5.74) is 3.09. The Morgan fingerprint density at radius 2 is 1.62 bits per heavy atom. The maximum atomic E-state index is 14.0. The second-order valence-electron chi connectivity index (χ2n) is 10.5. The summed E-state index contributed by atoms with van der Waals surface area (Å²) in [6.45, 7) is 2.18. The van der Waals surface area contributed by atoms with Crippen molar-refractivity contribution in [2.75, 3.05) is 6.61 Å². The van der Waals surface area contributed by atoms with Crippen molar-refractivity contribution >= 4 is 38.5 Å². The molecule has 0 bridgehead atoms. The largest absolute Gasteiger partial charge is 0.483 e. The summed E-state index contributed by atoms with van der Waals surface area (Å²) in [4.78, 5) is 29.5. The van der Waals surface area contributed by atoms with Crippen LogP contribution in [0.1, 0.15) is 42.4 Å². The highest BCUT2D eigenvalue weighted by Crippen LogP contribution is 2.33. The number of halogens is 1. The second-order valence-corrected chi connectivity index (χ2v) is 11.3. The number of carbonyl (C=O) groups is 2. The highest BCUT2D eigenvalue weighted by molar-refractivity contribution is 9.10. The monoisotopic (exact) mass is 598 g/mol. The molecule has 0 aliphatic heterocycles. The van der Waals surface area contributed by atoms with Crippen LogP contribution in [0.3, 0.4) is 0 Å². The van der Waals surface area contributed by atoms with Gasteiger partial charge in [-0.2, -0.15) is 0 Å². The van der Waals surface area contributed by atoms with Gasteiger partial charge in [0.25, 0.3) is 5.91 Å². The van der Waals surface area contributed by atoms with Gasteiger partial charge in [-0.3, -0.25) is 9.59 Å². The van der Waals surface area contributed by atoms with Gasteiger partial charge in [-0.05, 0) is 69.2 Å². The number of aryl methyl sites for hydroxylation is 1. The number of hydrogen-bond acceptors (Lipinski definition) is 3. The summed E-state index contributed by atoms with van der Waals surface area (Å²) in [5.74, 6) is 0.258. The summed E-state index contributed by atoms with van der Waals surface area (Å²) >= 11 is 3.66. The lowest BCUT2D eigenvalue weighted by Gasteiger charge is -2.32. The van der Waals surface area contributed by atoms with Crippen LogP contribution in [0.5, 0.6) is 5.75 Å². The first-order valence-electron chi connectivity index (χ1n) is 14.0. The molecule has 4 aromatic carbocycles. The third-order valence-electron chi connectivity index (χ3n) is 7.75. The number of benzene rings is 4. The van der Waals surface area contributed by atoms with Gasteiger partial charge in [-0.25, -0.2) is 0 Å². The SMILES string of the molecule is Cc1ccccc1CN(C(=O)COc1ccc2ccccc2c1Br)C(Cc1ccccc1)C(=O)NC1CCCC1. The van der Waals surface area contributed by atoms with Gasteiger partial charge >= 0.3 is 0 Å². The van der Waals surface area contributed by atoms with Gasteiger partial charge in [0.1, 0.15) is 11.8 Å². The lowest BCUT2D eigenvalue weighted by Crippen LogP contribution is -2.53. The maximum Gasteiger partial charge on any atom is 0.261 e. The van der Waals surface area contributed by atoms with Crippen LogP contribution in [0.15, 0.2) is 95.5 Å². The molecule has 206 valence electrons. The number of hydrogen-bond donors (Lipinski definition) is 1. The van der Waals surface area contributed by atoms with E-state index in [2.05, 4.69) is 21.2 Å². The first kappa shape index (κ1) is 27.9. The summed E-state index contributed by atoms with van der Waals surface area (Å²) in [5, 5.41) is 5.36. The van der Waals surface area contributed by atoms with Crippen LogP contribution < -0.4 is 10.1 Å². The molecule has 5 nitrogen and oxygen atoms in total. The molecule has 1 N–H and O–H groups in total. The van der Waals surface area contributed by atoms with Crippen molar-refractivity contribution in [2.24, 2.45) is 0 Å². The van der Waals surface area contributed by atoms with E-state index in [9.17, 15) is 9.59 Å². The zero-order valence-electron chi connectivity index (χ0n) is 22.8. The molecular formula is C34H35BrN2O3. The molecule has 40 heavy (non-hydrogen) atoms. The Labute approximate surface area is 244 Å². The minimum absolute atomic E-state index is 0.107. The van der Waals surface area contributed by atoms with Crippen LogP contribution in [-0.4, -0.2) is 35.4 Å². The molecule has 0 spiro atoms. The van der Waals surface area contributed by atoms with Crippen molar-refractivity contribution in [3.05, 3.63) is 112 Å². The minimum Gasteiger partial charge on any atom is -0.483 e. The van der Waals surface area contributed by atoms with E-state index < -0.39 is 6.04 Å². The molecule has 0 radical (unpaired) electrons. The fourth-order valence-corrected chi connectivity index (χ4v) is 6.05. The third-order valence-corrected chi connectivity index (χ3v) is 8.57. The molecule has 1 atom stereocenters. The highest BCUT2D eigenvalue weighted by atomic mass is 79.9. The first-order valence-corrected chi connectivity index (χ1v) is 14.8. The standard InChI is InChI=1S/C34H35BrN2O3/c1-24-11-5-6-15-27(24)22-37(32(38)23-40-31-20-19-26-14-7-10-18-29(26)33(31)35)30(21-25-12-3-2-4-13-25)34(39)36-28-16-8-9-17-28/h2-7,10-15,18-20,28,30H,8-9,16-17,21-23H2,1H3,(H,36,39). The van der Waals surface area contributed by atoms with Crippen molar-refractivity contribution < 1.29 is 14.3 Å². The molecule has 4 aromatic rings. The summed E-state index contributed by atoms with van der Waals surface area (Å²) < 4.78 is 6.91. The van der Waals surface area contributed by atoms with E-state index in [-0.39, 0.29) is 24.5 Å². The van der Waals surface area contributed by atoms with Crippen LogP contribution in [0.2, 0.25) is 0 Å². The average molecular weight is 600 g/mol. The van der Waals surface area contributed by atoms with E-state index in [1.807, 2.05) is 97.9 Å². The lowest BCUT2D eigenvalue weighted by molar-refractivity contribution is -0.143. The van der Waals surface area contributed by atoms with E-state index >= 15 is 0 Å². The van der Waals surface area contributed by atoms with E-state index in [0.717, 1.165) is 57.6 Å². The van der Waals surface area contributed by atoms with E-state index in [1.54, 1.807) is 4.90 Å². The lowest BCUT2D eigenvalue weighted by atomic mass is 10.0. The number of nitrogens with one attached hydrogen (secondary N) is 1. The van der Waals surface area contributed by atoms with Gasteiger partial charge in [-0.15, -0.1) is 0 Å². The van der Waals surface area contributed by atoms with Crippen molar-refractivity contribution in [1.29, 1.82) is 0 Å². The Morgan fingerprint density at radius 3 is 2.40 bits per heavy atom. The average Bonchev–Trinajstić information content (AvgIpc) is 3.49. The number of ether oxygens (including phenoxy) is 1. The van der Waals surface area contributed by atoms with Crippen molar-refractivity contribution in [3.63, 3.8) is 0 Å².